The van der Waals surface area contributed by atoms with E-state index in [0.29, 0.717) is 0 Å². The molecule has 0 radical (unpaired) electrons. The number of carbonyl (C=O) groups is 2. The molecule has 0 aliphatic carbocycles. The third kappa shape index (κ3) is 4.22. The van der Waals surface area contributed by atoms with Gasteiger partial charge in [-0.25, -0.2) is 0 Å². The van der Waals surface area contributed by atoms with Crippen LogP contribution in [-0.4, -0.2) is 49.4 Å². The zero-order valence-corrected chi connectivity index (χ0v) is 10.4. The number of nitrogens with two attached hydrogens (primary N) is 1. The monoisotopic (exact) mass is 281 g/mol. The minimum Gasteiger partial charge on any atom is -0.481 e. The van der Waals surface area contributed by atoms with Gasteiger partial charge < -0.3 is 10.8 Å². The summed E-state index contributed by atoms with van der Waals surface area (Å²) >= 11 is 0. The van der Waals surface area contributed by atoms with Crippen LogP contribution in [0.4, 0.5) is 0 Å². The molecule has 1 saturated heterocycles. The fourth-order valence-electron chi connectivity index (χ4n) is 1.57. The topological polar surface area (TPSA) is 139 Å². The fourth-order valence-corrected chi connectivity index (χ4v) is 2.58. The van der Waals surface area contributed by atoms with Gasteiger partial charge in [0.2, 0.25) is 5.91 Å². The van der Waals surface area contributed by atoms with Crippen LogP contribution in [0.5, 0.6) is 0 Å². The number of aliphatic carboxylic acids is 1. The molecule has 1 aliphatic heterocycles. The summed E-state index contributed by atoms with van der Waals surface area (Å²) in [6, 6.07) is 0. The smallest absolute Gasteiger partial charge is 0.306 e. The molecule has 1 fully saturated rings. The Kier molecular flexibility index (Phi) is 5.02. The van der Waals surface area contributed by atoms with Crippen molar-refractivity contribution in [3.05, 3.63) is 0 Å². The Morgan fingerprint density at radius 3 is 2.39 bits per heavy atom. The van der Waals surface area contributed by atoms with Crippen molar-refractivity contribution in [2.75, 3.05) is 19.7 Å². The highest BCUT2D eigenvalue weighted by molar-refractivity contribution is 7.87. The lowest BCUT2D eigenvalue weighted by Crippen LogP contribution is -2.46. The standard InChI is InChI=1S/C8H15N3O6S/c9-7(12)5-17-10-18(15,16)11-3-1-6(2-4-11)8(13)14/h6,10H,1-5H2,(H2,9,12)(H,13,14). The second kappa shape index (κ2) is 6.09. The van der Waals surface area contributed by atoms with Crippen molar-refractivity contribution < 1.29 is 28.0 Å². The molecule has 10 heteroatoms. The summed E-state index contributed by atoms with van der Waals surface area (Å²) in [5.74, 6) is -2.25. The van der Waals surface area contributed by atoms with Crippen molar-refractivity contribution in [2.45, 2.75) is 12.8 Å². The normalized spacial score (nSPS) is 18.7. The first-order chi connectivity index (χ1) is 8.33. The maximum absolute atomic E-state index is 11.6. The third-order valence-electron chi connectivity index (χ3n) is 2.52. The molecule has 1 amide bonds. The van der Waals surface area contributed by atoms with Crippen LogP contribution in [0.25, 0.3) is 0 Å². The van der Waals surface area contributed by atoms with E-state index < -0.39 is 34.6 Å². The van der Waals surface area contributed by atoms with Crippen molar-refractivity contribution in [1.82, 2.24) is 9.19 Å². The highest BCUT2D eigenvalue weighted by atomic mass is 32.2. The van der Waals surface area contributed by atoms with Gasteiger partial charge in [-0.3, -0.25) is 14.4 Å². The van der Waals surface area contributed by atoms with Crippen molar-refractivity contribution in [1.29, 1.82) is 0 Å². The first-order valence-electron chi connectivity index (χ1n) is 5.22. The van der Waals surface area contributed by atoms with E-state index in [2.05, 4.69) is 4.84 Å². The molecule has 0 aromatic heterocycles. The number of nitrogens with zero attached hydrogens (tertiary/aromatic N) is 1. The molecule has 0 saturated carbocycles. The zero-order chi connectivity index (χ0) is 13.8. The van der Waals surface area contributed by atoms with E-state index in [1.807, 2.05) is 0 Å². The third-order valence-corrected chi connectivity index (χ3v) is 3.90. The van der Waals surface area contributed by atoms with Gasteiger partial charge in [0.15, 0.2) is 0 Å². The second-order valence-electron chi connectivity index (χ2n) is 3.85. The Morgan fingerprint density at radius 2 is 1.94 bits per heavy atom. The summed E-state index contributed by atoms with van der Waals surface area (Å²) < 4.78 is 24.3. The van der Waals surface area contributed by atoms with E-state index in [0.717, 1.165) is 4.31 Å². The van der Waals surface area contributed by atoms with Gasteiger partial charge in [-0.05, 0) is 12.8 Å². The van der Waals surface area contributed by atoms with Gasteiger partial charge >= 0.3 is 16.2 Å². The SMILES string of the molecule is NC(=O)CONS(=O)(=O)N1CCC(C(=O)O)CC1. The lowest BCUT2D eigenvalue weighted by atomic mass is 9.99. The van der Waals surface area contributed by atoms with Gasteiger partial charge in [-0.1, -0.05) is 4.89 Å². The van der Waals surface area contributed by atoms with Gasteiger partial charge in [0.05, 0.1) is 5.92 Å². The molecule has 0 unspecified atom stereocenters. The molecular weight excluding hydrogens is 266 g/mol. The van der Waals surface area contributed by atoms with Crippen LogP contribution >= 0.6 is 0 Å². The molecule has 0 aromatic carbocycles. The summed E-state index contributed by atoms with van der Waals surface area (Å²) in [7, 11) is -3.87. The summed E-state index contributed by atoms with van der Waals surface area (Å²) in [6.07, 6.45) is 0.484. The average Bonchev–Trinajstić information content (AvgIpc) is 2.28. The molecule has 4 N–H and O–H groups in total. The molecule has 0 atom stereocenters. The van der Waals surface area contributed by atoms with Crippen LogP contribution in [0.2, 0.25) is 0 Å². The van der Waals surface area contributed by atoms with Crippen LogP contribution in [-0.2, 0) is 24.6 Å². The highest BCUT2D eigenvalue weighted by Crippen LogP contribution is 2.18. The van der Waals surface area contributed by atoms with Crippen LogP contribution in [0.1, 0.15) is 12.8 Å². The number of carboxylic acid groups (broad SMARTS) is 1. The fraction of sp³-hybridized carbons (Fsp3) is 0.750. The number of amides is 1. The molecule has 0 aromatic rings. The Morgan fingerprint density at radius 1 is 1.39 bits per heavy atom. The summed E-state index contributed by atoms with van der Waals surface area (Å²) in [5, 5.41) is 8.77. The van der Waals surface area contributed by atoms with Crippen molar-refractivity contribution >= 4 is 22.1 Å². The number of carboxylic acids is 1. The van der Waals surface area contributed by atoms with Gasteiger partial charge in [-0.15, -0.1) is 0 Å². The van der Waals surface area contributed by atoms with Crippen molar-refractivity contribution in [2.24, 2.45) is 11.7 Å². The summed E-state index contributed by atoms with van der Waals surface area (Å²) in [4.78, 5) is 27.2. The second-order valence-corrected chi connectivity index (χ2v) is 5.49. The van der Waals surface area contributed by atoms with E-state index in [1.54, 1.807) is 4.89 Å². The van der Waals surface area contributed by atoms with Crippen molar-refractivity contribution in [3.63, 3.8) is 0 Å². The van der Waals surface area contributed by atoms with Crippen LogP contribution in [0.3, 0.4) is 0 Å². The van der Waals surface area contributed by atoms with Gasteiger partial charge in [0, 0.05) is 13.1 Å². The molecule has 18 heavy (non-hydrogen) atoms. The van der Waals surface area contributed by atoms with Gasteiger partial charge in [0.1, 0.15) is 6.61 Å². The lowest BCUT2D eigenvalue weighted by Gasteiger charge is -2.28. The number of carbonyl (C=O) groups excluding carboxylic acids is 1. The molecule has 104 valence electrons. The van der Waals surface area contributed by atoms with E-state index in [1.165, 1.54) is 0 Å². The lowest BCUT2D eigenvalue weighted by molar-refractivity contribution is -0.143. The number of hydrogen-bond donors (Lipinski definition) is 3. The summed E-state index contributed by atoms with van der Waals surface area (Å²) in [5.41, 5.74) is 4.77. The Labute approximate surface area is 104 Å². The van der Waals surface area contributed by atoms with E-state index >= 15 is 0 Å². The predicted octanol–water partition coefficient (Wildman–Crippen LogP) is -1.97. The quantitative estimate of drug-likeness (QED) is 0.483. The number of rotatable bonds is 6. The largest absolute Gasteiger partial charge is 0.481 e. The summed E-state index contributed by atoms with van der Waals surface area (Å²) in [6.45, 7) is -0.386. The van der Waals surface area contributed by atoms with E-state index in [4.69, 9.17) is 10.8 Å². The molecule has 1 aliphatic rings. The number of nitrogens with one attached hydrogen (secondary N) is 1. The maximum atomic E-state index is 11.6. The predicted molar refractivity (Wildman–Crippen MR) is 59.1 cm³/mol. The molecule has 0 bridgehead atoms. The molecule has 9 nitrogen and oxygen atoms in total. The number of piperidine rings is 1. The molecule has 1 heterocycles. The molecule has 1 rings (SSSR count). The van der Waals surface area contributed by atoms with Crippen LogP contribution in [0, 0.1) is 5.92 Å². The first-order valence-corrected chi connectivity index (χ1v) is 6.66. The average molecular weight is 281 g/mol. The van der Waals surface area contributed by atoms with E-state index in [-0.39, 0.29) is 25.9 Å². The number of primary amides is 1. The molecule has 0 spiro atoms. The van der Waals surface area contributed by atoms with E-state index in [9.17, 15) is 18.0 Å². The Balaban J connectivity index is 2.45. The minimum absolute atomic E-state index is 0.0895. The number of hydrogen-bond acceptors (Lipinski definition) is 5. The first kappa shape index (κ1) is 14.8. The Hall–Kier alpha value is -1.23. The maximum Gasteiger partial charge on any atom is 0.306 e. The highest BCUT2D eigenvalue weighted by Gasteiger charge is 2.31. The van der Waals surface area contributed by atoms with Gasteiger partial charge in [-0.2, -0.15) is 12.7 Å². The van der Waals surface area contributed by atoms with Gasteiger partial charge in [0.25, 0.3) is 0 Å². The van der Waals surface area contributed by atoms with Crippen LogP contribution in [0.15, 0.2) is 0 Å². The zero-order valence-electron chi connectivity index (χ0n) is 9.53. The molecular formula is C8H15N3O6S. The minimum atomic E-state index is -3.87. The Bertz CT molecular complexity index is 415. The van der Waals surface area contributed by atoms with Crippen molar-refractivity contribution in [3.8, 4) is 0 Å². The van der Waals surface area contributed by atoms with Crippen LogP contribution < -0.4 is 10.6 Å².